The molecule has 31 heavy (non-hydrogen) atoms. The standard InChI is InChI=1S/C25H28N4OS/c1-5-20-9-6-16(2)28(20)15-24(30)22-12-23(25-14-27-18(4)31-25)29(17(22)3)21-10-7-19(13-26)8-11-21/h7-8,10-12,14,16,20H,5-6,9,15H2,1-4H3. The van der Waals surface area contributed by atoms with Crippen molar-refractivity contribution < 1.29 is 4.79 Å². The Bertz CT molecular complexity index is 1140. The highest BCUT2D eigenvalue weighted by atomic mass is 32.1. The van der Waals surface area contributed by atoms with E-state index in [1.807, 2.05) is 50.4 Å². The third kappa shape index (κ3) is 4.08. The van der Waals surface area contributed by atoms with E-state index in [4.69, 9.17) is 5.26 Å². The predicted octanol–water partition coefficient (Wildman–Crippen LogP) is 5.53. The highest BCUT2D eigenvalue weighted by Crippen LogP contribution is 2.34. The largest absolute Gasteiger partial charge is 0.312 e. The number of hydrogen-bond acceptors (Lipinski definition) is 5. The molecule has 1 aliphatic heterocycles. The molecule has 0 bridgehead atoms. The molecular weight excluding hydrogens is 404 g/mol. The fourth-order valence-electron chi connectivity index (χ4n) is 4.67. The van der Waals surface area contributed by atoms with Crippen LogP contribution in [-0.4, -0.2) is 38.9 Å². The van der Waals surface area contributed by atoms with Crippen LogP contribution in [0.5, 0.6) is 0 Å². The van der Waals surface area contributed by atoms with Gasteiger partial charge in [0.2, 0.25) is 0 Å². The van der Waals surface area contributed by atoms with Crippen LogP contribution in [0.4, 0.5) is 0 Å². The first-order valence-corrected chi connectivity index (χ1v) is 11.7. The Morgan fingerprint density at radius 1 is 1.26 bits per heavy atom. The van der Waals surface area contributed by atoms with E-state index in [0.29, 0.717) is 24.2 Å². The zero-order valence-electron chi connectivity index (χ0n) is 18.6. The van der Waals surface area contributed by atoms with Crippen LogP contribution < -0.4 is 0 Å². The van der Waals surface area contributed by atoms with Crippen molar-refractivity contribution in [2.75, 3.05) is 6.54 Å². The van der Waals surface area contributed by atoms with Crippen molar-refractivity contribution in [3.63, 3.8) is 0 Å². The number of carbonyl (C=O) groups is 1. The first-order valence-electron chi connectivity index (χ1n) is 10.9. The van der Waals surface area contributed by atoms with Crippen LogP contribution in [0.3, 0.4) is 0 Å². The Hall–Kier alpha value is -2.75. The number of aryl methyl sites for hydroxylation is 1. The summed E-state index contributed by atoms with van der Waals surface area (Å²) in [5.74, 6) is 0.166. The summed E-state index contributed by atoms with van der Waals surface area (Å²) in [7, 11) is 0. The topological polar surface area (TPSA) is 61.9 Å². The van der Waals surface area contributed by atoms with Gasteiger partial charge in [0.1, 0.15) is 0 Å². The third-order valence-corrected chi connectivity index (χ3v) is 7.36. The van der Waals surface area contributed by atoms with E-state index in [1.165, 1.54) is 6.42 Å². The zero-order valence-corrected chi connectivity index (χ0v) is 19.4. The lowest BCUT2D eigenvalue weighted by Crippen LogP contribution is -2.38. The predicted molar refractivity (Wildman–Crippen MR) is 125 cm³/mol. The molecule has 1 fully saturated rings. The Labute approximate surface area is 188 Å². The summed E-state index contributed by atoms with van der Waals surface area (Å²) in [6.45, 7) is 8.88. The molecular formula is C25H28N4OS. The van der Waals surface area contributed by atoms with Gasteiger partial charge in [0.15, 0.2) is 5.78 Å². The van der Waals surface area contributed by atoms with Gasteiger partial charge in [-0.15, -0.1) is 11.3 Å². The minimum Gasteiger partial charge on any atom is -0.312 e. The van der Waals surface area contributed by atoms with E-state index in [-0.39, 0.29) is 5.78 Å². The maximum Gasteiger partial charge on any atom is 0.178 e. The molecule has 0 aliphatic carbocycles. The lowest BCUT2D eigenvalue weighted by atomic mass is 10.1. The smallest absolute Gasteiger partial charge is 0.178 e. The molecule has 6 heteroatoms. The molecule has 2 atom stereocenters. The minimum atomic E-state index is 0.166. The Morgan fingerprint density at radius 3 is 2.61 bits per heavy atom. The van der Waals surface area contributed by atoms with E-state index in [9.17, 15) is 4.79 Å². The SMILES string of the molecule is CCC1CCC(C)N1CC(=O)c1cc(-c2cnc(C)s2)n(-c2ccc(C#N)cc2)c1C. The van der Waals surface area contributed by atoms with Crippen molar-refractivity contribution in [2.24, 2.45) is 0 Å². The summed E-state index contributed by atoms with van der Waals surface area (Å²) < 4.78 is 2.12. The van der Waals surface area contributed by atoms with Crippen molar-refractivity contribution in [2.45, 2.75) is 59.0 Å². The maximum absolute atomic E-state index is 13.5. The number of hydrogen-bond donors (Lipinski definition) is 0. The molecule has 0 amide bonds. The second-order valence-electron chi connectivity index (χ2n) is 8.35. The Kier molecular flexibility index (Phi) is 6.08. The van der Waals surface area contributed by atoms with Gasteiger partial charge in [-0.05, 0) is 70.4 Å². The summed E-state index contributed by atoms with van der Waals surface area (Å²) in [6.07, 6.45) is 5.27. The Balaban J connectivity index is 1.76. The van der Waals surface area contributed by atoms with Crippen LogP contribution in [0.1, 0.15) is 59.7 Å². The molecule has 160 valence electrons. The molecule has 0 spiro atoms. The highest BCUT2D eigenvalue weighted by Gasteiger charge is 2.32. The fraction of sp³-hybridized carbons (Fsp3) is 0.400. The number of nitrogens with zero attached hydrogens (tertiary/aromatic N) is 4. The van der Waals surface area contributed by atoms with Gasteiger partial charge in [0.05, 0.1) is 33.8 Å². The molecule has 3 aromatic rings. The number of benzene rings is 1. The molecule has 0 saturated carbocycles. The lowest BCUT2D eigenvalue weighted by Gasteiger charge is -2.26. The van der Waals surface area contributed by atoms with E-state index in [2.05, 4.69) is 34.4 Å². The summed E-state index contributed by atoms with van der Waals surface area (Å²) in [6, 6.07) is 12.6. The van der Waals surface area contributed by atoms with Gasteiger partial charge in [0, 0.05) is 35.2 Å². The number of likely N-dealkylation sites (tertiary alicyclic amines) is 1. The average Bonchev–Trinajstić information content (AvgIpc) is 3.45. The van der Waals surface area contributed by atoms with Crippen LogP contribution in [0, 0.1) is 25.2 Å². The van der Waals surface area contributed by atoms with Gasteiger partial charge in [-0.1, -0.05) is 6.92 Å². The second kappa shape index (κ2) is 8.78. The monoisotopic (exact) mass is 432 g/mol. The molecule has 2 aromatic heterocycles. The van der Waals surface area contributed by atoms with Crippen molar-refractivity contribution in [1.82, 2.24) is 14.5 Å². The number of ketones is 1. The molecule has 1 aliphatic rings. The van der Waals surface area contributed by atoms with Gasteiger partial charge in [0.25, 0.3) is 0 Å². The van der Waals surface area contributed by atoms with E-state index in [0.717, 1.165) is 45.4 Å². The van der Waals surface area contributed by atoms with Crippen LogP contribution in [0.15, 0.2) is 36.5 Å². The third-order valence-electron chi connectivity index (χ3n) is 6.43. The number of aromatic nitrogens is 2. The van der Waals surface area contributed by atoms with Crippen molar-refractivity contribution >= 4 is 17.1 Å². The number of thiazole rings is 1. The zero-order chi connectivity index (χ0) is 22.1. The van der Waals surface area contributed by atoms with E-state index >= 15 is 0 Å². The van der Waals surface area contributed by atoms with Crippen molar-refractivity contribution in [3.8, 4) is 22.3 Å². The van der Waals surface area contributed by atoms with Crippen LogP contribution in [0.25, 0.3) is 16.3 Å². The first kappa shape index (κ1) is 21.5. The Morgan fingerprint density at radius 2 is 2.00 bits per heavy atom. The van der Waals surface area contributed by atoms with Gasteiger partial charge >= 0.3 is 0 Å². The summed E-state index contributed by atoms with van der Waals surface area (Å²) >= 11 is 1.62. The van der Waals surface area contributed by atoms with Crippen LogP contribution >= 0.6 is 11.3 Å². The number of Topliss-reactive ketones (excluding diaryl/α,β-unsaturated/α-hetero) is 1. The van der Waals surface area contributed by atoms with Gasteiger partial charge < -0.3 is 4.57 Å². The lowest BCUT2D eigenvalue weighted by molar-refractivity contribution is 0.0888. The molecule has 0 N–H and O–H groups in total. The molecule has 0 radical (unpaired) electrons. The number of nitriles is 1. The first-order chi connectivity index (χ1) is 14.9. The molecule has 4 rings (SSSR count). The molecule has 1 saturated heterocycles. The van der Waals surface area contributed by atoms with Gasteiger partial charge in [-0.25, -0.2) is 4.98 Å². The van der Waals surface area contributed by atoms with Crippen LogP contribution in [-0.2, 0) is 0 Å². The van der Waals surface area contributed by atoms with Gasteiger partial charge in [-0.3, -0.25) is 9.69 Å². The van der Waals surface area contributed by atoms with E-state index in [1.54, 1.807) is 11.3 Å². The highest BCUT2D eigenvalue weighted by molar-refractivity contribution is 7.15. The molecule has 2 unspecified atom stereocenters. The second-order valence-corrected chi connectivity index (χ2v) is 9.59. The minimum absolute atomic E-state index is 0.166. The molecule has 1 aromatic carbocycles. The molecule has 5 nitrogen and oxygen atoms in total. The summed E-state index contributed by atoms with van der Waals surface area (Å²) in [5.41, 5.74) is 4.22. The molecule has 3 heterocycles. The quantitative estimate of drug-likeness (QED) is 0.480. The van der Waals surface area contributed by atoms with E-state index < -0.39 is 0 Å². The summed E-state index contributed by atoms with van der Waals surface area (Å²) in [5, 5.41) is 10.1. The number of carbonyl (C=O) groups excluding carboxylic acids is 1. The maximum atomic E-state index is 13.5. The number of rotatable bonds is 6. The van der Waals surface area contributed by atoms with Crippen molar-refractivity contribution in [3.05, 3.63) is 58.4 Å². The van der Waals surface area contributed by atoms with Crippen molar-refractivity contribution in [1.29, 1.82) is 5.26 Å². The normalized spacial score (nSPS) is 18.9. The van der Waals surface area contributed by atoms with Crippen LogP contribution in [0.2, 0.25) is 0 Å². The average molecular weight is 433 g/mol. The van der Waals surface area contributed by atoms with Gasteiger partial charge in [-0.2, -0.15) is 5.26 Å². The summed E-state index contributed by atoms with van der Waals surface area (Å²) in [4.78, 5) is 21.3. The fourth-order valence-corrected chi connectivity index (χ4v) is 5.45.